The highest BCUT2D eigenvalue weighted by atomic mass is 32.1. The Morgan fingerprint density at radius 3 is 2.29 bits per heavy atom. The van der Waals surface area contributed by atoms with Crippen molar-refractivity contribution in [3.05, 3.63) is 40.2 Å². The van der Waals surface area contributed by atoms with Gasteiger partial charge in [0.15, 0.2) is 5.78 Å². The molecule has 0 fully saturated rings. The van der Waals surface area contributed by atoms with Gasteiger partial charge < -0.3 is 0 Å². The minimum atomic E-state index is -4.98. The zero-order chi connectivity index (χ0) is 15.6. The number of carbonyl (C=O) groups excluding carboxylic acids is 2. The Morgan fingerprint density at radius 1 is 1.19 bits per heavy atom. The molecule has 0 saturated heterocycles. The van der Waals surface area contributed by atoms with Crippen molar-refractivity contribution in [1.82, 2.24) is 4.98 Å². The van der Waals surface area contributed by atoms with Crippen LogP contribution in [0.1, 0.15) is 21.7 Å². The summed E-state index contributed by atoms with van der Waals surface area (Å²) in [7, 11) is 0. The number of hydrogen-bond acceptors (Lipinski definition) is 4. The summed E-state index contributed by atoms with van der Waals surface area (Å²) in [6.45, 7) is 1.90. The summed E-state index contributed by atoms with van der Waals surface area (Å²) in [6, 6.07) is 6.01. The molecule has 0 saturated carbocycles. The van der Waals surface area contributed by atoms with Gasteiger partial charge >= 0.3 is 6.18 Å². The lowest BCUT2D eigenvalue weighted by Crippen LogP contribution is -2.25. The van der Waals surface area contributed by atoms with Crippen LogP contribution in [0.4, 0.5) is 13.2 Å². The fourth-order valence-electron chi connectivity index (χ4n) is 1.74. The van der Waals surface area contributed by atoms with Gasteiger partial charge in [0.2, 0.25) is 5.78 Å². The van der Waals surface area contributed by atoms with E-state index in [2.05, 4.69) is 4.98 Å². The monoisotopic (exact) mass is 313 g/mol. The number of hydrogen-bond donors (Lipinski definition) is 0. The van der Waals surface area contributed by atoms with Crippen LogP contribution in [0, 0.1) is 6.92 Å². The van der Waals surface area contributed by atoms with Gasteiger partial charge in [0.1, 0.15) is 0 Å². The number of alkyl halides is 3. The number of thiazole rings is 1. The summed E-state index contributed by atoms with van der Waals surface area (Å²) in [5.74, 6) is -2.88. The van der Waals surface area contributed by atoms with E-state index < -0.39 is 24.2 Å². The molecule has 3 nitrogen and oxygen atoms in total. The molecule has 1 aromatic heterocycles. The van der Waals surface area contributed by atoms with Gasteiger partial charge in [0, 0.05) is 16.0 Å². The molecule has 0 atom stereocenters. The van der Waals surface area contributed by atoms with Crippen molar-refractivity contribution in [2.75, 3.05) is 0 Å². The van der Waals surface area contributed by atoms with Gasteiger partial charge in [-0.3, -0.25) is 9.59 Å². The van der Waals surface area contributed by atoms with Crippen LogP contribution in [0.2, 0.25) is 0 Å². The van der Waals surface area contributed by atoms with Crippen LogP contribution >= 0.6 is 11.3 Å². The first-order valence-electron chi connectivity index (χ1n) is 5.93. The zero-order valence-electron chi connectivity index (χ0n) is 10.9. The van der Waals surface area contributed by atoms with Crippen LogP contribution in [-0.2, 0) is 4.79 Å². The number of aromatic nitrogens is 1. The standard InChI is InChI=1S/C14H10F3NO2S/c1-8-13(18-7-21-8)10-4-2-9(3-5-10)11(19)6-12(20)14(15,16)17/h2-5,7H,6H2,1H3. The number of carbonyl (C=O) groups is 2. The molecule has 0 aliphatic rings. The molecular weight excluding hydrogens is 303 g/mol. The quantitative estimate of drug-likeness (QED) is 0.637. The molecule has 0 unspecified atom stereocenters. The normalized spacial score (nSPS) is 11.4. The van der Waals surface area contributed by atoms with Crippen molar-refractivity contribution in [2.24, 2.45) is 0 Å². The van der Waals surface area contributed by atoms with E-state index in [1.165, 1.54) is 23.5 Å². The molecule has 1 aromatic carbocycles. The van der Waals surface area contributed by atoms with E-state index in [0.717, 1.165) is 16.1 Å². The van der Waals surface area contributed by atoms with Crippen molar-refractivity contribution in [3.8, 4) is 11.3 Å². The van der Waals surface area contributed by atoms with E-state index in [-0.39, 0.29) is 5.56 Å². The van der Waals surface area contributed by atoms with Gasteiger partial charge in [0.25, 0.3) is 0 Å². The molecule has 0 radical (unpaired) electrons. The number of ketones is 2. The number of benzene rings is 1. The number of halogens is 3. The molecular formula is C14H10F3NO2S. The van der Waals surface area contributed by atoms with E-state index in [4.69, 9.17) is 0 Å². The van der Waals surface area contributed by atoms with Crippen LogP contribution in [0.25, 0.3) is 11.3 Å². The van der Waals surface area contributed by atoms with Gasteiger partial charge in [-0.2, -0.15) is 13.2 Å². The first kappa shape index (κ1) is 15.4. The number of rotatable bonds is 4. The third kappa shape index (κ3) is 3.55. The number of Topliss-reactive ketones (excluding diaryl/α,β-unsaturated/α-hetero) is 2. The predicted octanol–water partition coefficient (Wildman–Crippen LogP) is 3.82. The van der Waals surface area contributed by atoms with Gasteiger partial charge in [-0.05, 0) is 6.92 Å². The fraction of sp³-hybridized carbons (Fsp3) is 0.214. The van der Waals surface area contributed by atoms with E-state index in [1.54, 1.807) is 17.6 Å². The van der Waals surface area contributed by atoms with E-state index in [9.17, 15) is 22.8 Å². The Labute approximate surface area is 122 Å². The Kier molecular flexibility index (Phi) is 4.22. The summed E-state index contributed by atoms with van der Waals surface area (Å²) in [5.41, 5.74) is 3.30. The van der Waals surface area contributed by atoms with Crippen LogP contribution < -0.4 is 0 Å². The molecule has 21 heavy (non-hydrogen) atoms. The van der Waals surface area contributed by atoms with Crippen molar-refractivity contribution < 1.29 is 22.8 Å². The van der Waals surface area contributed by atoms with Crippen molar-refractivity contribution in [1.29, 1.82) is 0 Å². The third-order valence-corrected chi connectivity index (χ3v) is 3.62. The lowest BCUT2D eigenvalue weighted by molar-refractivity contribution is -0.170. The molecule has 0 N–H and O–H groups in total. The second-order valence-corrected chi connectivity index (χ2v) is 5.41. The first-order chi connectivity index (χ1) is 9.79. The van der Waals surface area contributed by atoms with E-state index in [1.807, 2.05) is 6.92 Å². The highest BCUT2D eigenvalue weighted by Gasteiger charge is 2.39. The maximum Gasteiger partial charge on any atom is 0.450 e. The molecule has 2 aromatic rings. The zero-order valence-corrected chi connectivity index (χ0v) is 11.7. The Hall–Kier alpha value is -2.02. The summed E-state index contributed by atoms with van der Waals surface area (Å²) in [5, 5.41) is 0. The third-order valence-electron chi connectivity index (χ3n) is 2.86. The first-order valence-corrected chi connectivity index (χ1v) is 6.80. The minimum Gasteiger partial charge on any atom is -0.294 e. The molecule has 7 heteroatoms. The van der Waals surface area contributed by atoms with Crippen molar-refractivity contribution in [3.63, 3.8) is 0 Å². The van der Waals surface area contributed by atoms with Gasteiger partial charge in [0.05, 0.1) is 17.6 Å². The second-order valence-electron chi connectivity index (χ2n) is 4.36. The second kappa shape index (κ2) is 5.77. The Morgan fingerprint density at radius 2 is 1.81 bits per heavy atom. The highest BCUT2D eigenvalue weighted by Crippen LogP contribution is 2.25. The fourth-order valence-corrected chi connectivity index (χ4v) is 2.34. The van der Waals surface area contributed by atoms with Crippen molar-refractivity contribution in [2.45, 2.75) is 19.5 Å². The van der Waals surface area contributed by atoms with E-state index >= 15 is 0 Å². The average Bonchev–Trinajstić information content (AvgIpc) is 2.84. The predicted molar refractivity (Wildman–Crippen MR) is 72.3 cm³/mol. The molecule has 0 aliphatic carbocycles. The smallest absolute Gasteiger partial charge is 0.294 e. The molecule has 2 rings (SSSR count). The minimum absolute atomic E-state index is 0.0734. The Bertz CT molecular complexity index is 674. The molecule has 0 spiro atoms. The summed E-state index contributed by atoms with van der Waals surface area (Å²) in [4.78, 5) is 27.6. The lowest BCUT2D eigenvalue weighted by atomic mass is 10.0. The van der Waals surface area contributed by atoms with Crippen LogP contribution in [0.3, 0.4) is 0 Å². The summed E-state index contributed by atoms with van der Waals surface area (Å²) >= 11 is 1.47. The molecule has 0 amide bonds. The van der Waals surface area contributed by atoms with E-state index in [0.29, 0.717) is 0 Å². The Balaban J connectivity index is 2.14. The molecule has 110 valence electrons. The van der Waals surface area contributed by atoms with Crippen LogP contribution in [-0.4, -0.2) is 22.7 Å². The van der Waals surface area contributed by atoms with Gasteiger partial charge in [-0.15, -0.1) is 11.3 Å². The maximum absolute atomic E-state index is 12.1. The molecule has 1 heterocycles. The lowest BCUT2D eigenvalue weighted by Gasteiger charge is -2.05. The number of aryl methyl sites for hydroxylation is 1. The number of nitrogens with zero attached hydrogens (tertiary/aromatic N) is 1. The topological polar surface area (TPSA) is 47.0 Å². The van der Waals surface area contributed by atoms with Crippen LogP contribution in [0.15, 0.2) is 29.8 Å². The van der Waals surface area contributed by atoms with Crippen LogP contribution in [0.5, 0.6) is 0 Å². The van der Waals surface area contributed by atoms with Crippen molar-refractivity contribution >= 4 is 22.9 Å². The molecule has 0 bridgehead atoms. The highest BCUT2D eigenvalue weighted by molar-refractivity contribution is 7.10. The molecule has 0 aliphatic heterocycles. The summed E-state index contributed by atoms with van der Waals surface area (Å²) < 4.78 is 36.3. The largest absolute Gasteiger partial charge is 0.450 e. The van der Waals surface area contributed by atoms with Gasteiger partial charge in [-0.1, -0.05) is 24.3 Å². The average molecular weight is 313 g/mol. The van der Waals surface area contributed by atoms with Gasteiger partial charge in [-0.25, -0.2) is 4.98 Å². The SMILES string of the molecule is Cc1scnc1-c1ccc(C(=O)CC(=O)C(F)(F)F)cc1. The summed E-state index contributed by atoms with van der Waals surface area (Å²) in [6.07, 6.45) is -6.15. The maximum atomic E-state index is 12.1.